The lowest BCUT2D eigenvalue weighted by molar-refractivity contribution is -0.0790. The fraction of sp³-hybridized carbons (Fsp3) is 0.520. The first-order chi connectivity index (χ1) is 13.7. The molecule has 4 aliphatic carbocycles. The number of hydrogen-bond acceptors (Lipinski definition) is 2. The molecule has 0 aromatic heterocycles. The average molecular weight is 393 g/mol. The van der Waals surface area contributed by atoms with Crippen LogP contribution in [0.4, 0.5) is 0 Å². The van der Waals surface area contributed by atoms with E-state index in [0.717, 1.165) is 24.4 Å². The third-order valence-electron chi connectivity index (χ3n) is 7.40. The van der Waals surface area contributed by atoms with Gasteiger partial charge in [-0.3, -0.25) is 0 Å². The maximum atomic E-state index is 7.04. The summed E-state index contributed by atoms with van der Waals surface area (Å²) in [5, 5.41) is 2.46. The Bertz CT molecular complexity index is 714. The van der Waals surface area contributed by atoms with E-state index < -0.39 is 8.56 Å². The van der Waals surface area contributed by atoms with Gasteiger partial charge >= 0.3 is 8.56 Å². The molecule has 4 bridgehead atoms. The second kappa shape index (κ2) is 7.44. The van der Waals surface area contributed by atoms with Crippen molar-refractivity contribution < 1.29 is 8.85 Å². The lowest BCUT2D eigenvalue weighted by Gasteiger charge is -2.57. The highest BCUT2D eigenvalue weighted by Gasteiger charge is 2.53. The summed E-state index contributed by atoms with van der Waals surface area (Å²) in [5.41, 5.74) is 0.396. The van der Waals surface area contributed by atoms with Crippen LogP contribution in [0.15, 0.2) is 60.7 Å². The first-order valence-corrected chi connectivity index (χ1v) is 12.9. The van der Waals surface area contributed by atoms with Crippen LogP contribution in [0.3, 0.4) is 0 Å². The van der Waals surface area contributed by atoms with Crippen LogP contribution in [0.1, 0.15) is 45.4 Å². The van der Waals surface area contributed by atoms with Crippen molar-refractivity contribution >= 4 is 18.9 Å². The highest BCUT2D eigenvalue weighted by atomic mass is 28.4. The van der Waals surface area contributed by atoms with E-state index in [1.54, 1.807) is 0 Å². The quantitative estimate of drug-likeness (QED) is 0.645. The first-order valence-electron chi connectivity index (χ1n) is 11.1. The summed E-state index contributed by atoms with van der Waals surface area (Å²) in [5.74, 6) is 2.85. The van der Waals surface area contributed by atoms with Crippen LogP contribution in [0.2, 0.25) is 0 Å². The Morgan fingerprint density at radius 3 is 1.64 bits per heavy atom. The predicted molar refractivity (Wildman–Crippen MR) is 116 cm³/mol. The van der Waals surface area contributed by atoms with E-state index in [9.17, 15) is 0 Å². The molecule has 0 aliphatic heterocycles. The van der Waals surface area contributed by atoms with E-state index in [1.807, 2.05) is 0 Å². The van der Waals surface area contributed by atoms with Gasteiger partial charge in [0.05, 0.1) is 0 Å². The van der Waals surface area contributed by atoms with Crippen LogP contribution < -0.4 is 10.4 Å². The summed E-state index contributed by atoms with van der Waals surface area (Å²) in [4.78, 5) is 0. The van der Waals surface area contributed by atoms with Crippen molar-refractivity contribution in [1.82, 2.24) is 0 Å². The molecule has 4 saturated carbocycles. The van der Waals surface area contributed by atoms with Crippen LogP contribution in [-0.4, -0.2) is 21.8 Å². The Morgan fingerprint density at radius 1 is 0.750 bits per heavy atom. The highest BCUT2D eigenvalue weighted by molar-refractivity contribution is 6.92. The van der Waals surface area contributed by atoms with Crippen LogP contribution >= 0.6 is 0 Å². The van der Waals surface area contributed by atoms with Gasteiger partial charge in [-0.15, -0.1) is 0 Å². The highest BCUT2D eigenvalue weighted by Crippen LogP contribution is 2.60. The molecule has 0 spiro atoms. The van der Waals surface area contributed by atoms with E-state index in [1.165, 1.54) is 48.9 Å². The van der Waals surface area contributed by atoms with Crippen molar-refractivity contribution in [2.24, 2.45) is 23.2 Å². The number of rotatable bonds is 7. The molecule has 3 heteroatoms. The standard InChI is InChI=1S/C25H32O2Si/c1-2-26-28(23-9-5-3-6-10-23,24-11-7-4-8-12-24)27-19-25-16-20-13-21(17-25)15-22(14-20)18-25/h3-12,20-22H,2,13-19H2,1H3. The molecule has 4 fully saturated rings. The van der Waals surface area contributed by atoms with E-state index in [-0.39, 0.29) is 0 Å². The maximum Gasteiger partial charge on any atom is 0.407 e. The van der Waals surface area contributed by atoms with Gasteiger partial charge in [-0.25, -0.2) is 0 Å². The molecule has 0 heterocycles. The summed E-state index contributed by atoms with van der Waals surface area (Å²) in [6.45, 7) is 3.64. The summed E-state index contributed by atoms with van der Waals surface area (Å²) in [6.07, 6.45) is 8.55. The molecule has 148 valence electrons. The van der Waals surface area contributed by atoms with Crippen molar-refractivity contribution in [3.63, 3.8) is 0 Å². The topological polar surface area (TPSA) is 18.5 Å². The molecule has 0 saturated heterocycles. The monoisotopic (exact) mass is 392 g/mol. The van der Waals surface area contributed by atoms with Gasteiger partial charge in [-0.2, -0.15) is 0 Å². The Hall–Kier alpha value is -1.42. The number of hydrogen-bond donors (Lipinski definition) is 0. The Balaban J connectivity index is 1.48. The predicted octanol–water partition coefficient (Wildman–Crippen LogP) is 4.51. The molecule has 2 nitrogen and oxygen atoms in total. The van der Waals surface area contributed by atoms with Gasteiger partial charge in [0.25, 0.3) is 0 Å². The smallest absolute Gasteiger partial charge is 0.388 e. The minimum Gasteiger partial charge on any atom is -0.388 e. The third kappa shape index (κ3) is 3.28. The molecule has 2 aromatic rings. The lowest BCUT2D eigenvalue weighted by Crippen LogP contribution is -2.64. The normalized spacial score (nSPS) is 31.2. The average Bonchev–Trinajstić information content (AvgIpc) is 2.71. The molecule has 0 N–H and O–H groups in total. The van der Waals surface area contributed by atoms with Gasteiger partial charge in [0.2, 0.25) is 0 Å². The molecule has 4 aliphatic rings. The first kappa shape index (κ1) is 18.6. The van der Waals surface area contributed by atoms with E-state index in [0.29, 0.717) is 12.0 Å². The summed E-state index contributed by atoms with van der Waals surface area (Å²) in [7, 11) is -2.70. The van der Waals surface area contributed by atoms with Gasteiger partial charge < -0.3 is 8.85 Å². The van der Waals surface area contributed by atoms with Gasteiger partial charge in [0, 0.05) is 13.2 Å². The maximum absolute atomic E-state index is 7.04. The van der Waals surface area contributed by atoms with Gasteiger partial charge in [0.15, 0.2) is 0 Å². The number of benzene rings is 2. The largest absolute Gasteiger partial charge is 0.407 e. The Morgan fingerprint density at radius 2 is 1.21 bits per heavy atom. The minimum atomic E-state index is -2.70. The fourth-order valence-corrected chi connectivity index (χ4v) is 10.0. The molecule has 28 heavy (non-hydrogen) atoms. The Kier molecular flexibility index (Phi) is 4.94. The minimum absolute atomic E-state index is 0.396. The molecular formula is C25H32O2Si. The van der Waals surface area contributed by atoms with Crippen molar-refractivity contribution in [1.29, 1.82) is 0 Å². The van der Waals surface area contributed by atoms with Crippen LogP contribution in [0.25, 0.3) is 0 Å². The molecular weight excluding hydrogens is 360 g/mol. The molecule has 0 amide bonds. The molecule has 0 atom stereocenters. The summed E-state index contributed by atoms with van der Waals surface area (Å²) >= 11 is 0. The molecule has 0 unspecified atom stereocenters. The van der Waals surface area contributed by atoms with Crippen LogP contribution in [0.5, 0.6) is 0 Å². The van der Waals surface area contributed by atoms with Crippen LogP contribution in [0, 0.1) is 23.2 Å². The lowest BCUT2D eigenvalue weighted by atomic mass is 9.50. The zero-order valence-electron chi connectivity index (χ0n) is 17.0. The summed E-state index contributed by atoms with van der Waals surface area (Å²) in [6, 6.07) is 21.4. The van der Waals surface area contributed by atoms with E-state index >= 15 is 0 Å². The summed E-state index contributed by atoms with van der Waals surface area (Å²) < 4.78 is 13.6. The Labute approximate surface area is 170 Å². The van der Waals surface area contributed by atoms with E-state index in [4.69, 9.17) is 8.85 Å². The molecule has 0 radical (unpaired) electrons. The zero-order valence-corrected chi connectivity index (χ0v) is 18.0. The second-order valence-corrected chi connectivity index (χ2v) is 12.5. The van der Waals surface area contributed by atoms with Gasteiger partial charge in [-0.1, -0.05) is 60.7 Å². The van der Waals surface area contributed by atoms with Crippen molar-refractivity contribution in [2.45, 2.75) is 45.4 Å². The SMILES string of the molecule is CCO[Si](OCC12CC3CC(CC(C3)C1)C2)(c1ccccc1)c1ccccc1. The fourth-order valence-electron chi connectivity index (χ4n) is 6.78. The third-order valence-corrected chi connectivity index (χ3v) is 10.8. The second-order valence-electron chi connectivity index (χ2n) is 9.49. The van der Waals surface area contributed by atoms with E-state index in [2.05, 4.69) is 67.6 Å². The van der Waals surface area contributed by atoms with Gasteiger partial charge in [-0.05, 0) is 79.0 Å². The van der Waals surface area contributed by atoms with Crippen LogP contribution in [-0.2, 0) is 8.85 Å². The van der Waals surface area contributed by atoms with Gasteiger partial charge in [0.1, 0.15) is 0 Å². The molecule has 2 aromatic carbocycles. The zero-order chi connectivity index (χ0) is 19.0. The molecule has 6 rings (SSSR count). The van der Waals surface area contributed by atoms with Crippen molar-refractivity contribution in [2.75, 3.05) is 13.2 Å². The van der Waals surface area contributed by atoms with Crippen molar-refractivity contribution in [3.05, 3.63) is 60.7 Å². The van der Waals surface area contributed by atoms with Crippen molar-refractivity contribution in [3.8, 4) is 0 Å².